The zero-order chi connectivity index (χ0) is 28.6. The Morgan fingerprint density at radius 1 is 0.950 bits per heavy atom. The molecule has 0 bridgehead atoms. The van der Waals surface area contributed by atoms with Gasteiger partial charge in [-0.05, 0) is 106 Å². The van der Waals surface area contributed by atoms with Crippen LogP contribution < -0.4 is 10.6 Å². The molecular weight excluding hydrogens is 514 g/mol. The molecule has 4 aromatic rings. The van der Waals surface area contributed by atoms with E-state index in [-0.39, 0.29) is 18.0 Å². The molecule has 0 saturated carbocycles. The van der Waals surface area contributed by atoms with Crippen molar-refractivity contribution in [2.45, 2.75) is 60.0 Å². The van der Waals surface area contributed by atoms with Gasteiger partial charge >= 0.3 is 0 Å². The molecule has 2 unspecified atom stereocenters. The Hall–Kier alpha value is -3.97. The average Bonchev–Trinajstić information content (AvgIpc) is 3.40. The second-order valence-corrected chi connectivity index (χ2v) is 11.2. The van der Waals surface area contributed by atoms with Gasteiger partial charge < -0.3 is 20.1 Å². The first-order chi connectivity index (χ1) is 19.2. The normalized spacial score (nSPS) is 16.8. The summed E-state index contributed by atoms with van der Waals surface area (Å²) in [6.07, 6.45) is 2.13. The van der Waals surface area contributed by atoms with Gasteiger partial charge in [0.2, 0.25) is 5.91 Å². The highest BCUT2D eigenvalue weighted by Gasteiger charge is 2.41. The first kappa shape index (κ1) is 27.6. The second-order valence-electron chi connectivity index (χ2n) is 10.8. The third-order valence-electron chi connectivity index (χ3n) is 7.90. The molecule has 1 aliphatic rings. The van der Waals surface area contributed by atoms with Crippen LogP contribution in [0.25, 0.3) is 5.69 Å². The summed E-state index contributed by atoms with van der Waals surface area (Å²) in [5.74, 6) is -0.0301. The number of anilines is 1. The molecule has 2 N–H and O–H groups in total. The Morgan fingerprint density at radius 3 is 2.40 bits per heavy atom. The number of aryl methyl sites for hydroxylation is 5. The Labute approximate surface area is 242 Å². The smallest absolute Gasteiger partial charge is 0.226 e. The van der Waals surface area contributed by atoms with Crippen molar-refractivity contribution in [3.63, 3.8) is 0 Å². The van der Waals surface area contributed by atoms with Gasteiger partial charge in [-0.15, -0.1) is 0 Å². The van der Waals surface area contributed by atoms with Crippen LogP contribution in [0.4, 0.5) is 5.69 Å². The maximum absolute atomic E-state index is 13.1. The summed E-state index contributed by atoms with van der Waals surface area (Å²) in [6.45, 7) is 13.2. The maximum Gasteiger partial charge on any atom is 0.226 e. The Balaban J connectivity index is 1.50. The highest BCUT2D eigenvalue weighted by atomic mass is 32.1. The molecular formula is C33H37N5OS. The summed E-state index contributed by atoms with van der Waals surface area (Å²) in [5, 5.41) is 7.27. The van der Waals surface area contributed by atoms with Crippen LogP contribution in [0.3, 0.4) is 0 Å². The van der Waals surface area contributed by atoms with Crippen LogP contribution in [-0.2, 0) is 4.79 Å². The van der Waals surface area contributed by atoms with E-state index in [9.17, 15) is 4.79 Å². The first-order valence-corrected chi connectivity index (χ1v) is 14.2. The minimum atomic E-state index is -0.136. The van der Waals surface area contributed by atoms with Gasteiger partial charge in [-0.2, -0.15) is 0 Å². The summed E-state index contributed by atoms with van der Waals surface area (Å²) in [6, 6.07) is 20.5. The highest BCUT2D eigenvalue weighted by molar-refractivity contribution is 7.80. The molecule has 0 spiro atoms. The fourth-order valence-electron chi connectivity index (χ4n) is 5.88. The predicted octanol–water partition coefficient (Wildman–Crippen LogP) is 6.72. The molecule has 1 saturated heterocycles. The monoisotopic (exact) mass is 551 g/mol. The highest BCUT2D eigenvalue weighted by Crippen LogP contribution is 2.42. The molecule has 7 heteroatoms. The number of hydrogen-bond donors (Lipinski definition) is 2. The number of para-hydroxylation sites is 1. The predicted molar refractivity (Wildman–Crippen MR) is 166 cm³/mol. The number of rotatable bonds is 7. The number of carbonyl (C=O) groups is 1. The molecule has 1 fully saturated rings. The lowest BCUT2D eigenvalue weighted by Crippen LogP contribution is -2.33. The largest absolute Gasteiger partial charge is 0.352 e. The lowest BCUT2D eigenvalue weighted by atomic mass is 9.96. The van der Waals surface area contributed by atoms with E-state index in [1.165, 1.54) is 22.4 Å². The van der Waals surface area contributed by atoms with E-state index in [1.807, 2.05) is 50.4 Å². The number of amides is 1. The third-order valence-corrected chi connectivity index (χ3v) is 8.25. The van der Waals surface area contributed by atoms with Crippen molar-refractivity contribution in [3.05, 3.63) is 112 Å². The fraction of sp³-hybridized carbons (Fsp3) is 0.303. The topological polar surface area (TPSA) is 62.2 Å². The number of pyridine rings is 1. The van der Waals surface area contributed by atoms with Gasteiger partial charge in [-0.25, -0.2) is 0 Å². The van der Waals surface area contributed by atoms with Gasteiger partial charge in [0.05, 0.1) is 23.5 Å². The lowest BCUT2D eigenvalue weighted by Gasteiger charge is -2.28. The third kappa shape index (κ3) is 5.26. The Kier molecular flexibility index (Phi) is 7.76. The molecule has 1 aliphatic heterocycles. The Bertz CT molecular complexity index is 1560. The molecule has 0 aliphatic carbocycles. The molecule has 3 heterocycles. The van der Waals surface area contributed by atoms with E-state index < -0.39 is 0 Å². The van der Waals surface area contributed by atoms with Crippen LogP contribution >= 0.6 is 12.2 Å². The fourth-order valence-corrected chi connectivity index (χ4v) is 6.21. The summed E-state index contributed by atoms with van der Waals surface area (Å²) in [5.41, 5.74) is 11.1. The molecule has 5 rings (SSSR count). The molecule has 1 amide bonds. The minimum absolute atomic E-state index is 0.0301. The number of nitrogens with one attached hydrogen (secondary N) is 2. The summed E-state index contributed by atoms with van der Waals surface area (Å²) in [4.78, 5) is 19.9. The van der Waals surface area contributed by atoms with Gasteiger partial charge in [0.15, 0.2) is 5.11 Å². The van der Waals surface area contributed by atoms with Crippen molar-refractivity contribution in [2.75, 3.05) is 11.9 Å². The van der Waals surface area contributed by atoms with E-state index in [0.717, 1.165) is 33.9 Å². The number of nitrogens with zero attached hydrogens (tertiary/aromatic N) is 3. The zero-order valence-electron chi connectivity index (χ0n) is 24.1. The number of hydrogen-bond acceptors (Lipinski definition) is 3. The van der Waals surface area contributed by atoms with Crippen LogP contribution in [-0.4, -0.2) is 32.0 Å². The van der Waals surface area contributed by atoms with Crippen LogP contribution in [0.1, 0.15) is 63.4 Å². The van der Waals surface area contributed by atoms with Crippen molar-refractivity contribution in [1.82, 2.24) is 19.8 Å². The van der Waals surface area contributed by atoms with Crippen molar-refractivity contribution in [2.24, 2.45) is 0 Å². The van der Waals surface area contributed by atoms with Crippen molar-refractivity contribution in [3.8, 4) is 5.69 Å². The van der Waals surface area contributed by atoms with Crippen molar-refractivity contribution >= 4 is 28.9 Å². The molecule has 2 atom stereocenters. The van der Waals surface area contributed by atoms with E-state index in [0.29, 0.717) is 18.1 Å². The zero-order valence-corrected chi connectivity index (χ0v) is 24.9. The standard InChI is InChI=1S/C33H37N5OS/c1-20-13-14-21(2)28(18-20)35-29(39)15-17-37-32(30(36-33(37)40)27-12-7-8-16-34-27)26-19-24(5)38(25(26)6)31-22(3)10-9-11-23(31)4/h7-14,16,18-19,30,32H,15,17H2,1-6H3,(H,35,39)(H,36,40). The van der Waals surface area contributed by atoms with Crippen LogP contribution in [0.15, 0.2) is 66.9 Å². The SMILES string of the molecule is Cc1ccc(C)c(NC(=O)CCN2C(=S)NC(c3ccccn3)C2c2cc(C)n(-c3c(C)cccc3C)c2C)c1. The molecule has 6 nitrogen and oxygen atoms in total. The number of benzene rings is 2. The van der Waals surface area contributed by atoms with Gasteiger partial charge in [-0.1, -0.05) is 36.4 Å². The van der Waals surface area contributed by atoms with Gasteiger partial charge in [0.25, 0.3) is 0 Å². The summed E-state index contributed by atoms with van der Waals surface area (Å²) in [7, 11) is 0. The van der Waals surface area contributed by atoms with Crippen LogP contribution in [0.5, 0.6) is 0 Å². The van der Waals surface area contributed by atoms with Gasteiger partial charge in [-0.3, -0.25) is 9.78 Å². The summed E-state index contributed by atoms with van der Waals surface area (Å²) >= 11 is 5.88. The van der Waals surface area contributed by atoms with Crippen molar-refractivity contribution in [1.29, 1.82) is 0 Å². The number of thiocarbonyl (C=S) groups is 1. The number of carbonyl (C=O) groups excluding carboxylic acids is 1. The van der Waals surface area contributed by atoms with Crippen molar-refractivity contribution < 1.29 is 4.79 Å². The quantitative estimate of drug-likeness (QED) is 0.250. The Morgan fingerprint density at radius 2 is 1.70 bits per heavy atom. The molecule has 2 aromatic heterocycles. The summed E-state index contributed by atoms with van der Waals surface area (Å²) < 4.78 is 2.35. The van der Waals surface area contributed by atoms with E-state index >= 15 is 0 Å². The molecule has 206 valence electrons. The second kappa shape index (κ2) is 11.3. The molecule has 40 heavy (non-hydrogen) atoms. The lowest BCUT2D eigenvalue weighted by molar-refractivity contribution is -0.116. The van der Waals surface area contributed by atoms with E-state index in [4.69, 9.17) is 12.2 Å². The van der Waals surface area contributed by atoms with E-state index in [2.05, 4.69) is 83.1 Å². The number of aromatic nitrogens is 2. The van der Waals surface area contributed by atoms with Gasteiger partial charge in [0.1, 0.15) is 0 Å². The van der Waals surface area contributed by atoms with Gasteiger partial charge in [0, 0.05) is 36.2 Å². The van der Waals surface area contributed by atoms with E-state index in [1.54, 1.807) is 0 Å². The van der Waals surface area contributed by atoms with Crippen LogP contribution in [0, 0.1) is 41.5 Å². The minimum Gasteiger partial charge on any atom is -0.352 e. The van der Waals surface area contributed by atoms with Crippen LogP contribution in [0.2, 0.25) is 0 Å². The first-order valence-electron chi connectivity index (χ1n) is 13.8. The average molecular weight is 552 g/mol. The molecule has 2 aromatic carbocycles. The molecule has 0 radical (unpaired) electrons. The maximum atomic E-state index is 13.1.